The SMILES string of the molecule is C=c1s/c(=C2\C(=O)N(CC(=O)O[C@H](C)c3ccccc3)c3ccc(Cl)cc32)c(=O)n1CCC(=O)O. The molecule has 0 saturated heterocycles. The van der Waals surface area contributed by atoms with E-state index in [1.54, 1.807) is 25.1 Å². The van der Waals surface area contributed by atoms with Crippen molar-refractivity contribution in [3.63, 3.8) is 0 Å². The van der Waals surface area contributed by atoms with Gasteiger partial charge < -0.3 is 9.84 Å². The Kier molecular flexibility index (Phi) is 6.90. The third-order valence-electron chi connectivity index (χ3n) is 5.58. The monoisotopic (exact) mass is 512 g/mol. The Hall–Kier alpha value is -3.69. The fraction of sp³-hybridized carbons (Fsp3) is 0.200. The van der Waals surface area contributed by atoms with Crippen molar-refractivity contribution in [3.8, 4) is 0 Å². The molecule has 3 aromatic rings. The molecule has 0 saturated carbocycles. The number of aromatic nitrogens is 1. The van der Waals surface area contributed by atoms with Crippen LogP contribution in [0.15, 0.2) is 53.3 Å². The molecule has 2 aromatic carbocycles. The number of esters is 1. The molecule has 0 aliphatic carbocycles. The van der Waals surface area contributed by atoms with Crippen LogP contribution in [-0.2, 0) is 25.7 Å². The van der Waals surface area contributed by atoms with Crippen LogP contribution in [0.3, 0.4) is 0 Å². The highest BCUT2D eigenvalue weighted by molar-refractivity contribution is 7.07. The van der Waals surface area contributed by atoms with Gasteiger partial charge in [-0.15, -0.1) is 11.3 Å². The van der Waals surface area contributed by atoms with Crippen LogP contribution < -0.4 is 19.7 Å². The van der Waals surface area contributed by atoms with Crippen LogP contribution in [0.1, 0.15) is 30.6 Å². The number of fused-ring (bicyclic) bond motifs is 1. The van der Waals surface area contributed by atoms with E-state index < -0.39 is 29.5 Å². The number of rotatable bonds is 7. The summed E-state index contributed by atoms with van der Waals surface area (Å²) in [5.41, 5.74) is 1.24. The topological polar surface area (TPSA) is 106 Å². The number of carbonyl (C=O) groups excluding carboxylic acids is 2. The first-order valence-corrected chi connectivity index (χ1v) is 11.9. The second-order valence-electron chi connectivity index (χ2n) is 7.90. The minimum atomic E-state index is -1.06. The van der Waals surface area contributed by atoms with Gasteiger partial charge in [-0.2, -0.15) is 0 Å². The number of aliphatic carboxylic acids is 1. The predicted octanol–water partition coefficient (Wildman–Crippen LogP) is 2.30. The van der Waals surface area contributed by atoms with Crippen LogP contribution >= 0.6 is 22.9 Å². The van der Waals surface area contributed by atoms with Gasteiger partial charge in [-0.25, -0.2) is 0 Å². The maximum atomic E-state index is 13.5. The molecule has 10 heteroatoms. The minimum absolute atomic E-state index is 0.0687. The summed E-state index contributed by atoms with van der Waals surface area (Å²) in [5, 5.41) is 9.33. The molecule has 2 heterocycles. The smallest absolute Gasteiger partial charge is 0.326 e. The van der Waals surface area contributed by atoms with Crippen molar-refractivity contribution in [2.45, 2.75) is 26.0 Å². The lowest BCUT2D eigenvalue weighted by molar-refractivity contribution is -0.147. The molecular weight excluding hydrogens is 492 g/mol. The van der Waals surface area contributed by atoms with Crippen molar-refractivity contribution in [1.82, 2.24) is 4.57 Å². The van der Waals surface area contributed by atoms with Crippen LogP contribution in [0, 0.1) is 0 Å². The van der Waals surface area contributed by atoms with E-state index in [4.69, 9.17) is 21.4 Å². The van der Waals surface area contributed by atoms with Crippen molar-refractivity contribution in [3.05, 3.63) is 84.2 Å². The lowest BCUT2D eigenvalue weighted by atomic mass is 10.1. The lowest BCUT2D eigenvalue weighted by Crippen LogP contribution is -2.37. The standard InChI is InChI=1S/C25H21ClN2O6S/c1-14(16-6-4-3-5-7-16)34-21(31)13-28-19-9-8-17(26)12-18(19)22(24(28)32)23-25(33)27(15(2)35-23)11-10-20(29)30/h3-9,12,14H,2,10-11,13H2,1H3,(H,29,30)/b23-22-/t14-/m1/s1. The van der Waals surface area contributed by atoms with E-state index in [1.807, 2.05) is 30.3 Å². The van der Waals surface area contributed by atoms with Gasteiger partial charge in [0.05, 0.1) is 22.3 Å². The quantitative estimate of drug-likeness (QED) is 0.487. The molecule has 8 nitrogen and oxygen atoms in total. The first-order valence-electron chi connectivity index (χ1n) is 10.7. The molecule has 1 aliphatic rings. The number of hydrogen-bond donors (Lipinski definition) is 1. The second kappa shape index (κ2) is 9.89. The van der Waals surface area contributed by atoms with E-state index in [1.165, 1.54) is 9.47 Å². The van der Waals surface area contributed by atoms with Gasteiger partial charge in [-0.3, -0.25) is 28.6 Å². The van der Waals surface area contributed by atoms with Crippen molar-refractivity contribution in [2.75, 3.05) is 11.4 Å². The first-order chi connectivity index (χ1) is 16.7. The average molecular weight is 513 g/mol. The van der Waals surface area contributed by atoms with Gasteiger partial charge >= 0.3 is 11.9 Å². The summed E-state index contributed by atoms with van der Waals surface area (Å²) in [4.78, 5) is 51.5. The number of anilines is 1. The summed E-state index contributed by atoms with van der Waals surface area (Å²) in [6, 6.07) is 14.0. The molecule has 1 aliphatic heterocycles. The summed E-state index contributed by atoms with van der Waals surface area (Å²) in [6.45, 7) is 5.14. The number of halogens is 1. The normalized spacial score (nSPS) is 15.1. The first kappa shape index (κ1) is 24.4. The van der Waals surface area contributed by atoms with Crippen LogP contribution in [0.5, 0.6) is 0 Å². The van der Waals surface area contributed by atoms with Crippen molar-refractivity contribution >= 4 is 58.6 Å². The maximum absolute atomic E-state index is 13.5. The van der Waals surface area contributed by atoms with E-state index >= 15 is 0 Å². The van der Waals surface area contributed by atoms with Crippen molar-refractivity contribution < 1.29 is 24.2 Å². The molecule has 35 heavy (non-hydrogen) atoms. The Bertz CT molecular complexity index is 1490. The highest BCUT2D eigenvalue weighted by atomic mass is 35.5. The van der Waals surface area contributed by atoms with Gasteiger partial charge in [0.25, 0.3) is 11.5 Å². The lowest BCUT2D eigenvalue weighted by Gasteiger charge is -2.19. The fourth-order valence-electron chi connectivity index (χ4n) is 3.88. The summed E-state index contributed by atoms with van der Waals surface area (Å²) < 4.78 is 7.20. The Morgan fingerprint density at radius 2 is 1.89 bits per heavy atom. The number of carboxylic acids is 1. The summed E-state index contributed by atoms with van der Waals surface area (Å²) in [5.74, 6) is -2.21. The molecule has 1 atom stereocenters. The van der Waals surface area contributed by atoms with Gasteiger partial charge in [0.2, 0.25) is 0 Å². The number of carbonyl (C=O) groups is 3. The largest absolute Gasteiger partial charge is 0.481 e. The number of ether oxygens (including phenoxy) is 1. The third-order valence-corrected chi connectivity index (χ3v) is 6.85. The average Bonchev–Trinajstić information content (AvgIpc) is 3.24. The zero-order chi connectivity index (χ0) is 25.3. The highest BCUT2D eigenvalue weighted by Crippen LogP contribution is 2.37. The number of hydrogen-bond acceptors (Lipinski definition) is 6. The number of benzene rings is 2. The van der Waals surface area contributed by atoms with E-state index in [-0.39, 0.29) is 29.6 Å². The van der Waals surface area contributed by atoms with Crippen LogP contribution in [0.25, 0.3) is 12.2 Å². The number of thiazole rings is 1. The third kappa shape index (κ3) is 4.91. The van der Waals surface area contributed by atoms with Crippen LogP contribution in [0.4, 0.5) is 5.69 Å². The molecule has 1 N–H and O–H groups in total. The number of amides is 1. The predicted molar refractivity (Wildman–Crippen MR) is 133 cm³/mol. The molecule has 4 rings (SSSR count). The molecule has 0 radical (unpaired) electrons. The summed E-state index contributed by atoms with van der Waals surface area (Å²) in [7, 11) is 0. The molecule has 1 aromatic heterocycles. The van der Waals surface area contributed by atoms with Gasteiger partial charge in [0.1, 0.15) is 17.2 Å². The van der Waals surface area contributed by atoms with Gasteiger partial charge in [-0.1, -0.05) is 48.5 Å². The van der Waals surface area contributed by atoms with E-state index in [0.29, 0.717) is 20.9 Å². The molecule has 0 fully saturated rings. The highest BCUT2D eigenvalue weighted by Gasteiger charge is 2.36. The molecular formula is C25H21ClN2O6S. The zero-order valence-electron chi connectivity index (χ0n) is 18.7. The Labute approximate surface area is 208 Å². The minimum Gasteiger partial charge on any atom is -0.481 e. The summed E-state index contributed by atoms with van der Waals surface area (Å²) >= 11 is 7.18. The second-order valence-corrected chi connectivity index (χ2v) is 9.42. The zero-order valence-corrected chi connectivity index (χ0v) is 20.3. The number of carboxylic acid groups (broad SMARTS) is 1. The van der Waals surface area contributed by atoms with E-state index in [9.17, 15) is 19.2 Å². The van der Waals surface area contributed by atoms with Gasteiger partial charge in [0, 0.05) is 17.1 Å². The molecule has 1 amide bonds. The fourth-order valence-corrected chi connectivity index (χ4v) is 5.07. The number of nitrogens with zero attached hydrogens (tertiary/aromatic N) is 2. The molecule has 180 valence electrons. The summed E-state index contributed by atoms with van der Waals surface area (Å²) in [6.07, 6.45) is -0.774. The molecule has 0 spiro atoms. The van der Waals surface area contributed by atoms with Crippen LogP contribution in [0.2, 0.25) is 5.02 Å². The van der Waals surface area contributed by atoms with Crippen molar-refractivity contribution in [1.29, 1.82) is 0 Å². The van der Waals surface area contributed by atoms with Gasteiger partial charge in [0.15, 0.2) is 0 Å². The Morgan fingerprint density at radius 3 is 2.57 bits per heavy atom. The molecule has 0 unspecified atom stereocenters. The van der Waals surface area contributed by atoms with Gasteiger partial charge in [-0.05, 0) is 30.7 Å². The Morgan fingerprint density at radius 1 is 1.17 bits per heavy atom. The Balaban J connectivity index is 1.71. The van der Waals surface area contributed by atoms with Crippen LogP contribution in [-0.4, -0.2) is 34.1 Å². The molecule has 0 bridgehead atoms. The van der Waals surface area contributed by atoms with E-state index in [0.717, 1.165) is 16.9 Å². The van der Waals surface area contributed by atoms with E-state index in [2.05, 4.69) is 6.58 Å². The maximum Gasteiger partial charge on any atom is 0.326 e. The van der Waals surface area contributed by atoms with Crippen molar-refractivity contribution in [2.24, 2.45) is 0 Å².